The van der Waals surface area contributed by atoms with Gasteiger partial charge in [0.05, 0.1) is 23.9 Å². The molecule has 0 spiro atoms. The van der Waals surface area contributed by atoms with Crippen molar-refractivity contribution in [3.05, 3.63) is 39.5 Å². The van der Waals surface area contributed by atoms with Crippen LogP contribution in [0.4, 0.5) is 13.6 Å². The van der Waals surface area contributed by atoms with Crippen molar-refractivity contribution in [3.8, 4) is 0 Å². The van der Waals surface area contributed by atoms with Crippen LogP contribution in [0.25, 0.3) is 0 Å². The summed E-state index contributed by atoms with van der Waals surface area (Å²) in [5, 5.41) is 4.79. The first kappa shape index (κ1) is 24.7. The quantitative estimate of drug-likeness (QED) is 0.431. The molecule has 3 N–H and O–H groups in total. The lowest BCUT2D eigenvalue weighted by molar-refractivity contribution is -0.142. The van der Waals surface area contributed by atoms with E-state index < -0.39 is 63.7 Å². The summed E-state index contributed by atoms with van der Waals surface area (Å²) in [5.41, 5.74) is 0.00498. The Morgan fingerprint density at radius 1 is 1.26 bits per heavy atom. The maximum absolute atomic E-state index is 13.9. The van der Waals surface area contributed by atoms with Crippen LogP contribution >= 0.6 is 15.9 Å². The average Bonchev–Trinajstić information content (AvgIpc) is 2.63. The smallest absolute Gasteiger partial charge is 0.338 e. The standard InChI is InChI=1S/C17H18BrF2N3O7S/c1-3-29-16(25)14-8(2)22-17(26)23-12(14)7-30-13(24)6-21-31(27,28)15-10(18)4-9(19)5-11(15)20/h4-5,8,21H,3,6-7H2,1-2H3,(H2,22,23,26). The summed E-state index contributed by atoms with van der Waals surface area (Å²) in [5.74, 6) is -4.17. The zero-order valence-electron chi connectivity index (χ0n) is 16.3. The van der Waals surface area contributed by atoms with Crippen molar-refractivity contribution in [2.75, 3.05) is 19.8 Å². The van der Waals surface area contributed by atoms with Gasteiger partial charge in [-0.15, -0.1) is 0 Å². The minimum absolute atomic E-state index is 0.0294. The van der Waals surface area contributed by atoms with Gasteiger partial charge in [-0.25, -0.2) is 26.8 Å². The minimum Gasteiger partial charge on any atom is -0.463 e. The summed E-state index contributed by atoms with van der Waals surface area (Å²) < 4.78 is 62.8. The van der Waals surface area contributed by atoms with Gasteiger partial charge in [-0.1, -0.05) is 0 Å². The highest BCUT2D eigenvalue weighted by molar-refractivity contribution is 9.10. The van der Waals surface area contributed by atoms with Crippen LogP contribution in [-0.4, -0.2) is 52.2 Å². The van der Waals surface area contributed by atoms with Crippen LogP contribution in [0.1, 0.15) is 13.8 Å². The van der Waals surface area contributed by atoms with Crippen molar-refractivity contribution in [2.24, 2.45) is 0 Å². The molecule has 10 nitrogen and oxygen atoms in total. The summed E-state index contributed by atoms with van der Waals surface area (Å²) >= 11 is 2.76. The van der Waals surface area contributed by atoms with Gasteiger partial charge in [-0.05, 0) is 35.8 Å². The normalized spacial score (nSPS) is 16.4. The Hall–Kier alpha value is -2.58. The molecule has 0 bridgehead atoms. The molecule has 1 unspecified atom stereocenters. The lowest BCUT2D eigenvalue weighted by Crippen LogP contribution is -2.50. The van der Waals surface area contributed by atoms with Gasteiger partial charge in [-0.2, -0.15) is 4.72 Å². The fraction of sp³-hybridized carbons (Fsp3) is 0.353. The second kappa shape index (κ2) is 10.2. The van der Waals surface area contributed by atoms with E-state index in [2.05, 4.69) is 26.6 Å². The molecular formula is C17H18BrF2N3O7S. The number of hydrogen-bond donors (Lipinski definition) is 3. The number of urea groups is 1. The summed E-state index contributed by atoms with van der Waals surface area (Å²) in [6, 6.07) is -0.231. The Morgan fingerprint density at radius 2 is 1.94 bits per heavy atom. The predicted molar refractivity (Wildman–Crippen MR) is 105 cm³/mol. The predicted octanol–water partition coefficient (Wildman–Crippen LogP) is 1.07. The van der Waals surface area contributed by atoms with E-state index in [1.807, 2.05) is 4.72 Å². The number of esters is 2. The number of benzene rings is 1. The Labute approximate surface area is 184 Å². The summed E-state index contributed by atoms with van der Waals surface area (Å²) in [6.07, 6.45) is 0. The first-order valence-corrected chi connectivity index (χ1v) is 11.0. The van der Waals surface area contributed by atoms with Gasteiger partial charge in [0.2, 0.25) is 10.0 Å². The van der Waals surface area contributed by atoms with Crippen LogP contribution in [0, 0.1) is 11.6 Å². The Morgan fingerprint density at radius 3 is 2.55 bits per heavy atom. The number of hydrogen-bond acceptors (Lipinski definition) is 7. The first-order valence-electron chi connectivity index (χ1n) is 8.73. The van der Waals surface area contributed by atoms with E-state index in [4.69, 9.17) is 9.47 Å². The molecule has 1 aromatic carbocycles. The van der Waals surface area contributed by atoms with Crippen LogP contribution in [0.2, 0.25) is 0 Å². The molecular weight excluding hydrogens is 508 g/mol. The highest BCUT2D eigenvalue weighted by atomic mass is 79.9. The topological polar surface area (TPSA) is 140 Å². The van der Waals surface area contributed by atoms with Gasteiger partial charge in [0.25, 0.3) is 0 Å². The van der Waals surface area contributed by atoms with Crippen molar-refractivity contribution in [2.45, 2.75) is 24.8 Å². The van der Waals surface area contributed by atoms with Crippen molar-refractivity contribution in [3.63, 3.8) is 0 Å². The Balaban J connectivity index is 2.08. The van der Waals surface area contributed by atoms with Crippen LogP contribution in [0.3, 0.4) is 0 Å². The molecule has 1 aromatic rings. The van der Waals surface area contributed by atoms with Crippen LogP contribution < -0.4 is 15.4 Å². The molecule has 2 rings (SSSR count). The number of nitrogens with one attached hydrogen (secondary N) is 3. The summed E-state index contributed by atoms with van der Waals surface area (Å²) in [7, 11) is -4.53. The first-order chi connectivity index (χ1) is 14.5. The molecule has 2 amide bonds. The molecule has 0 saturated carbocycles. The summed E-state index contributed by atoms with van der Waals surface area (Å²) in [6.45, 7) is 1.74. The molecule has 0 saturated heterocycles. The van der Waals surface area contributed by atoms with E-state index in [0.717, 1.165) is 6.07 Å². The van der Waals surface area contributed by atoms with Crippen molar-refractivity contribution in [1.29, 1.82) is 0 Å². The fourth-order valence-corrected chi connectivity index (χ4v) is 4.74. The van der Waals surface area contributed by atoms with E-state index in [0.29, 0.717) is 6.07 Å². The minimum atomic E-state index is -4.53. The molecule has 1 heterocycles. The Bertz CT molecular complexity index is 1020. The van der Waals surface area contributed by atoms with E-state index in [1.54, 1.807) is 6.92 Å². The molecule has 14 heteroatoms. The zero-order chi connectivity index (χ0) is 23.3. The largest absolute Gasteiger partial charge is 0.463 e. The second-order valence-corrected chi connectivity index (χ2v) is 8.67. The Kier molecular flexibility index (Phi) is 8.08. The third-order valence-corrected chi connectivity index (χ3v) is 6.25. The van der Waals surface area contributed by atoms with Crippen molar-refractivity contribution < 1.29 is 41.1 Å². The highest BCUT2D eigenvalue weighted by Gasteiger charge is 2.30. The maximum atomic E-state index is 13.9. The van der Waals surface area contributed by atoms with Crippen molar-refractivity contribution in [1.82, 2.24) is 15.4 Å². The van der Waals surface area contributed by atoms with Crippen LogP contribution in [0.15, 0.2) is 32.8 Å². The molecule has 1 atom stereocenters. The molecule has 31 heavy (non-hydrogen) atoms. The average molecular weight is 526 g/mol. The number of ether oxygens (including phenoxy) is 2. The molecule has 1 aliphatic heterocycles. The lowest BCUT2D eigenvalue weighted by atomic mass is 10.0. The van der Waals surface area contributed by atoms with E-state index >= 15 is 0 Å². The third kappa shape index (κ3) is 6.21. The SMILES string of the molecule is CCOC(=O)C1=C(COC(=O)CNS(=O)(=O)c2c(F)cc(F)cc2Br)NC(=O)NC1C. The van der Waals surface area contributed by atoms with Gasteiger partial charge in [0.1, 0.15) is 29.7 Å². The fourth-order valence-electron chi connectivity index (χ4n) is 2.61. The number of halogens is 3. The number of rotatable bonds is 8. The van der Waals surface area contributed by atoms with Crippen molar-refractivity contribution >= 4 is 43.9 Å². The number of amides is 2. The third-order valence-electron chi connectivity index (χ3n) is 3.88. The molecule has 170 valence electrons. The number of sulfonamides is 1. The molecule has 0 radical (unpaired) electrons. The molecule has 0 fully saturated rings. The monoisotopic (exact) mass is 525 g/mol. The van der Waals surface area contributed by atoms with Gasteiger partial charge in [0.15, 0.2) is 0 Å². The second-order valence-electron chi connectivity index (χ2n) is 6.12. The lowest BCUT2D eigenvalue weighted by Gasteiger charge is -2.26. The van der Waals surface area contributed by atoms with E-state index in [1.165, 1.54) is 6.92 Å². The summed E-state index contributed by atoms with van der Waals surface area (Å²) in [4.78, 5) is 34.8. The zero-order valence-corrected chi connectivity index (χ0v) is 18.7. The number of carbonyl (C=O) groups is 3. The van der Waals surface area contributed by atoms with Crippen LogP contribution in [0.5, 0.6) is 0 Å². The van der Waals surface area contributed by atoms with Gasteiger partial charge in [-0.3, -0.25) is 4.79 Å². The van der Waals surface area contributed by atoms with Crippen LogP contribution in [-0.2, 0) is 29.1 Å². The molecule has 0 aromatic heterocycles. The van der Waals surface area contributed by atoms with E-state index in [-0.39, 0.29) is 22.3 Å². The number of carbonyl (C=O) groups excluding carboxylic acids is 3. The molecule has 0 aliphatic carbocycles. The van der Waals surface area contributed by atoms with Gasteiger partial charge >= 0.3 is 18.0 Å². The van der Waals surface area contributed by atoms with Gasteiger partial charge < -0.3 is 20.1 Å². The highest BCUT2D eigenvalue weighted by Crippen LogP contribution is 2.26. The maximum Gasteiger partial charge on any atom is 0.338 e. The van der Waals surface area contributed by atoms with E-state index in [9.17, 15) is 31.6 Å². The van der Waals surface area contributed by atoms with Gasteiger partial charge in [0, 0.05) is 10.5 Å². The molecule has 1 aliphatic rings.